The molecule has 2 heterocycles. The minimum Gasteiger partial charge on any atom is -0.378 e. The molecule has 0 amide bonds. The first kappa shape index (κ1) is 14.2. The van der Waals surface area contributed by atoms with Crippen molar-refractivity contribution in [3.8, 4) is 11.3 Å². The maximum Gasteiger partial charge on any atom is 0.183 e. The van der Waals surface area contributed by atoms with Crippen molar-refractivity contribution in [1.29, 1.82) is 0 Å². The van der Waals surface area contributed by atoms with Gasteiger partial charge in [0.25, 0.3) is 0 Å². The van der Waals surface area contributed by atoms with Crippen LogP contribution in [0.1, 0.15) is 25.7 Å². The molecule has 2 fully saturated rings. The molecule has 1 aliphatic carbocycles. The Morgan fingerprint density at radius 1 is 1.18 bits per heavy atom. The standard InChI is InChI=1S/C17H19FN2OS/c18-12-6-4-11(5-7-12)15-10-22-17(20-15)19-14-2-1-3-16-13(14)8-9-21-16/h4-7,10,13-14,16H,1-3,8-9H2,(H,19,20). The normalized spacial score (nSPS) is 27.6. The minimum absolute atomic E-state index is 0.216. The first-order chi connectivity index (χ1) is 10.8. The van der Waals surface area contributed by atoms with Gasteiger partial charge in [-0.05, 0) is 49.9 Å². The Bertz CT molecular complexity index is 642. The van der Waals surface area contributed by atoms with Crippen molar-refractivity contribution < 1.29 is 9.13 Å². The predicted molar refractivity (Wildman–Crippen MR) is 86.6 cm³/mol. The molecule has 1 saturated carbocycles. The second-order valence-corrected chi connectivity index (χ2v) is 6.95. The van der Waals surface area contributed by atoms with Crippen LogP contribution in [0.4, 0.5) is 9.52 Å². The van der Waals surface area contributed by atoms with Crippen LogP contribution in [0.5, 0.6) is 0 Å². The number of nitrogens with zero attached hydrogens (tertiary/aromatic N) is 1. The lowest BCUT2D eigenvalue weighted by atomic mass is 9.82. The van der Waals surface area contributed by atoms with E-state index in [4.69, 9.17) is 4.74 Å². The SMILES string of the molecule is Fc1ccc(-c2csc(NC3CCCC4OCCC34)n2)cc1. The van der Waals surface area contributed by atoms with E-state index in [0.717, 1.165) is 29.4 Å². The molecular formula is C17H19FN2OS. The summed E-state index contributed by atoms with van der Waals surface area (Å²) in [6.07, 6.45) is 5.19. The molecule has 2 aliphatic rings. The van der Waals surface area contributed by atoms with Crippen LogP contribution in [0.3, 0.4) is 0 Å². The lowest BCUT2D eigenvalue weighted by Crippen LogP contribution is -2.38. The number of halogens is 1. The summed E-state index contributed by atoms with van der Waals surface area (Å²) in [6.45, 7) is 0.895. The molecule has 1 aliphatic heterocycles. The Kier molecular flexibility index (Phi) is 3.84. The fourth-order valence-corrected chi connectivity index (χ4v) is 4.39. The third-order valence-electron chi connectivity index (χ3n) is 4.73. The van der Waals surface area contributed by atoms with Crippen molar-refractivity contribution in [2.45, 2.75) is 37.8 Å². The smallest absolute Gasteiger partial charge is 0.183 e. The number of anilines is 1. The molecule has 1 aromatic carbocycles. The van der Waals surface area contributed by atoms with E-state index in [1.807, 2.05) is 5.38 Å². The van der Waals surface area contributed by atoms with Crippen molar-refractivity contribution in [3.05, 3.63) is 35.5 Å². The van der Waals surface area contributed by atoms with E-state index >= 15 is 0 Å². The van der Waals surface area contributed by atoms with Gasteiger partial charge in [-0.3, -0.25) is 0 Å². The van der Waals surface area contributed by atoms with Gasteiger partial charge in [0.05, 0.1) is 11.8 Å². The Labute approximate surface area is 133 Å². The van der Waals surface area contributed by atoms with Crippen LogP contribution in [0, 0.1) is 11.7 Å². The quantitative estimate of drug-likeness (QED) is 0.915. The average Bonchev–Trinajstić information content (AvgIpc) is 3.17. The average molecular weight is 318 g/mol. The number of aromatic nitrogens is 1. The highest BCUT2D eigenvalue weighted by atomic mass is 32.1. The highest BCUT2D eigenvalue weighted by Gasteiger charge is 2.37. The maximum absolute atomic E-state index is 13.0. The first-order valence-corrected chi connectivity index (χ1v) is 8.77. The van der Waals surface area contributed by atoms with Crippen molar-refractivity contribution in [2.24, 2.45) is 5.92 Å². The van der Waals surface area contributed by atoms with Gasteiger partial charge in [0.1, 0.15) is 5.82 Å². The fourth-order valence-electron chi connectivity index (χ4n) is 3.61. The van der Waals surface area contributed by atoms with Crippen molar-refractivity contribution in [3.63, 3.8) is 0 Å². The van der Waals surface area contributed by atoms with Crippen LogP contribution in [-0.2, 0) is 4.74 Å². The molecule has 4 rings (SSSR count). The summed E-state index contributed by atoms with van der Waals surface area (Å²) in [4.78, 5) is 4.66. The molecular weight excluding hydrogens is 299 g/mol. The zero-order chi connectivity index (χ0) is 14.9. The van der Waals surface area contributed by atoms with Gasteiger partial charge in [-0.1, -0.05) is 0 Å². The lowest BCUT2D eigenvalue weighted by Gasteiger charge is -2.33. The van der Waals surface area contributed by atoms with Crippen LogP contribution in [-0.4, -0.2) is 23.7 Å². The Morgan fingerprint density at radius 2 is 2.05 bits per heavy atom. The van der Waals surface area contributed by atoms with Gasteiger partial charge in [-0.25, -0.2) is 9.37 Å². The minimum atomic E-state index is -0.216. The van der Waals surface area contributed by atoms with Crippen LogP contribution >= 0.6 is 11.3 Å². The van der Waals surface area contributed by atoms with E-state index in [2.05, 4.69) is 10.3 Å². The number of nitrogens with one attached hydrogen (secondary N) is 1. The van der Waals surface area contributed by atoms with Crippen LogP contribution in [0.2, 0.25) is 0 Å². The van der Waals surface area contributed by atoms with Crippen molar-refractivity contribution in [2.75, 3.05) is 11.9 Å². The highest BCUT2D eigenvalue weighted by Crippen LogP contribution is 2.36. The molecule has 5 heteroatoms. The van der Waals surface area contributed by atoms with Crippen molar-refractivity contribution in [1.82, 2.24) is 4.98 Å². The first-order valence-electron chi connectivity index (χ1n) is 7.89. The monoisotopic (exact) mass is 318 g/mol. The van der Waals surface area contributed by atoms with E-state index in [1.54, 1.807) is 23.5 Å². The Hall–Kier alpha value is -1.46. The van der Waals surface area contributed by atoms with Gasteiger partial charge in [0.15, 0.2) is 5.13 Å². The van der Waals surface area contributed by atoms with E-state index in [-0.39, 0.29) is 5.82 Å². The predicted octanol–water partition coefficient (Wildman–Crippen LogP) is 4.32. The topological polar surface area (TPSA) is 34.1 Å². The number of benzene rings is 1. The number of rotatable bonds is 3. The maximum atomic E-state index is 13.0. The molecule has 3 nitrogen and oxygen atoms in total. The summed E-state index contributed by atoms with van der Waals surface area (Å²) in [6, 6.07) is 6.96. The Balaban J connectivity index is 1.48. The largest absolute Gasteiger partial charge is 0.378 e. The van der Waals surface area contributed by atoms with Gasteiger partial charge >= 0.3 is 0 Å². The number of hydrogen-bond donors (Lipinski definition) is 1. The van der Waals surface area contributed by atoms with Gasteiger partial charge in [-0.2, -0.15) is 0 Å². The molecule has 2 aromatic rings. The Morgan fingerprint density at radius 3 is 2.91 bits per heavy atom. The van der Waals surface area contributed by atoms with Crippen LogP contribution in [0.15, 0.2) is 29.6 Å². The summed E-state index contributed by atoms with van der Waals surface area (Å²) in [5.41, 5.74) is 1.86. The van der Waals surface area contributed by atoms with E-state index in [1.165, 1.54) is 31.4 Å². The summed E-state index contributed by atoms with van der Waals surface area (Å²) < 4.78 is 18.8. The van der Waals surface area contributed by atoms with Gasteiger partial charge in [0.2, 0.25) is 0 Å². The summed E-state index contributed by atoms with van der Waals surface area (Å²) in [5.74, 6) is 0.402. The molecule has 0 bridgehead atoms. The zero-order valence-electron chi connectivity index (χ0n) is 12.3. The highest BCUT2D eigenvalue weighted by molar-refractivity contribution is 7.14. The number of hydrogen-bond acceptors (Lipinski definition) is 4. The van der Waals surface area contributed by atoms with Gasteiger partial charge < -0.3 is 10.1 Å². The molecule has 3 atom stereocenters. The zero-order valence-corrected chi connectivity index (χ0v) is 13.1. The molecule has 22 heavy (non-hydrogen) atoms. The number of thiazole rings is 1. The third kappa shape index (κ3) is 2.75. The molecule has 0 spiro atoms. The van der Waals surface area contributed by atoms with Crippen LogP contribution in [0.25, 0.3) is 11.3 Å². The second kappa shape index (κ2) is 5.97. The van der Waals surface area contributed by atoms with E-state index < -0.39 is 0 Å². The molecule has 1 N–H and O–H groups in total. The molecule has 3 unspecified atom stereocenters. The van der Waals surface area contributed by atoms with E-state index in [9.17, 15) is 4.39 Å². The van der Waals surface area contributed by atoms with Crippen molar-refractivity contribution >= 4 is 16.5 Å². The molecule has 1 aromatic heterocycles. The summed E-state index contributed by atoms with van der Waals surface area (Å²) in [7, 11) is 0. The van der Waals surface area contributed by atoms with Crippen LogP contribution < -0.4 is 5.32 Å². The third-order valence-corrected chi connectivity index (χ3v) is 5.51. The number of ether oxygens (including phenoxy) is 1. The molecule has 1 saturated heterocycles. The lowest BCUT2D eigenvalue weighted by molar-refractivity contribution is 0.0620. The second-order valence-electron chi connectivity index (χ2n) is 6.09. The number of fused-ring (bicyclic) bond motifs is 1. The van der Waals surface area contributed by atoms with Gasteiger partial charge in [-0.15, -0.1) is 11.3 Å². The summed E-state index contributed by atoms with van der Waals surface area (Å²) in [5, 5.41) is 6.59. The fraction of sp³-hybridized carbons (Fsp3) is 0.471. The van der Waals surface area contributed by atoms with E-state index in [0.29, 0.717) is 18.1 Å². The molecule has 0 radical (unpaired) electrons. The molecule has 116 valence electrons. The summed E-state index contributed by atoms with van der Waals surface area (Å²) >= 11 is 1.62. The van der Waals surface area contributed by atoms with Gasteiger partial charge in [0, 0.05) is 29.5 Å².